The van der Waals surface area contributed by atoms with Crippen LogP contribution >= 0.6 is 34.8 Å². The molecule has 0 saturated carbocycles. The van der Waals surface area contributed by atoms with Crippen LogP contribution in [0, 0.1) is 12.3 Å². The molecule has 106 valence electrons. The first-order chi connectivity index (χ1) is 9.93. The lowest BCUT2D eigenvalue weighted by Crippen LogP contribution is -2.13. The Balaban J connectivity index is 2.39. The first-order valence-corrected chi connectivity index (χ1v) is 6.82. The number of carbonyl (C=O) groups is 1. The van der Waals surface area contributed by atoms with Crippen LogP contribution < -0.4 is 5.32 Å². The van der Waals surface area contributed by atoms with E-state index in [0.29, 0.717) is 11.3 Å². The highest BCUT2D eigenvalue weighted by atomic mass is 35.5. The number of rotatable bonds is 2. The normalized spacial score (nSPS) is 10.0. The Morgan fingerprint density at radius 3 is 2.57 bits per heavy atom. The molecule has 6 heteroatoms. The van der Waals surface area contributed by atoms with E-state index in [2.05, 4.69) is 11.2 Å². The van der Waals surface area contributed by atoms with Gasteiger partial charge in [-0.3, -0.25) is 4.79 Å². The van der Waals surface area contributed by atoms with Crippen LogP contribution in [0.3, 0.4) is 0 Å². The van der Waals surface area contributed by atoms with Gasteiger partial charge in [-0.2, -0.15) is 0 Å². The second-order valence-electron chi connectivity index (χ2n) is 4.06. The second kappa shape index (κ2) is 6.28. The number of aromatic hydroxyl groups is 1. The van der Waals surface area contributed by atoms with Gasteiger partial charge in [-0.1, -0.05) is 46.8 Å². The van der Waals surface area contributed by atoms with Gasteiger partial charge in [0.1, 0.15) is 11.3 Å². The zero-order valence-electron chi connectivity index (χ0n) is 10.5. The topological polar surface area (TPSA) is 49.3 Å². The molecule has 0 radical (unpaired) electrons. The van der Waals surface area contributed by atoms with Crippen LogP contribution in [0.1, 0.15) is 15.9 Å². The van der Waals surface area contributed by atoms with Gasteiger partial charge in [0, 0.05) is 11.3 Å². The van der Waals surface area contributed by atoms with E-state index >= 15 is 0 Å². The fourth-order valence-electron chi connectivity index (χ4n) is 1.67. The number of nitrogens with one attached hydrogen (secondary N) is 1. The summed E-state index contributed by atoms with van der Waals surface area (Å²) in [6.07, 6.45) is 5.29. The van der Waals surface area contributed by atoms with Crippen molar-refractivity contribution in [3.63, 3.8) is 0 Å². The van der Waals surface area contributed by atoms with E-state index in [4.69, 9.17) is 41.2 Å². The number of carbonyl (C=O) groups excluding carboxylic acids is 1. The molecule has 2 aromatic rings. The molecule has 21 heavy (non-hydrogen) atoms. The molecule has 0 aliphatic carbocycles. The number of hydrogen-bond donors (Lipinski definition) is 2. The van der Waals surface area contributed by atoms with Gasteiger partial charge in [0.05, 0.1) is 15.1 Å². The van der Waals surface area contributed by atoms with Crippen LogP contribution in [0.25, 0.3) is 0 Å². The van der Waals surface area contributed by atoms with Crippen molar-refractivity contribution in [3.05, 3.63) is 56.5 Å². The molecule has 3 nitrogen and oxygen atoms in total. The van der Waals surface area contributed by atoms with Crippen molar-refractivity contribution < 1.29 is 9.90 Å². The summed E-state index contributed by atoms with van der Waals surface area (Å²) in [6.45, 7) is 0. The van der Waals surface area contributed by atoms with Crippen LogP contribution in [0.15, 0.2) is 30.3 Å². The molecule has 0 spiro atoms. The van der Waals surface area contributed by atoms with Gasteiger partial charge in [-0.05, 0) is 24.3 Å². The first-order valence-electron chi connectivity index (χ1n) is 5.68. The summed E-state index contributed by atoms with van der Waals surface area (Å²) in [6, 6.07) is 7.93. The maximum atomic E-state index is 12.2. The quantitative estimate of drug-likeness (QED) is 0.621. The third-order valence-electron chi connectivity index (χ3n) is 2.66. The summed E-state index contributed by atoms with van der Waals surface area (Å²) < 4.78 is 0. The maximum Gasteiger partial charge on any atom is 0.261 e. The van der Waals surface area contributed by atoms with Crippen LogP contribution in [0.2, 0.25) is 15.1 Å². The minimum absolute atomic E-state index is 0.0630. The Hall–Kier alpha value is -1.86. The molecular formula is C15H8Cl3NO2. The standard InChI is InChI=1S/C15H8Cl3NO2/c1-2-8-4-3-5-9(6-8)19-15(21)12-13(18)10(16)7-11(17)14(12)20/h1,3-7,20H,(H,19,21). The summed E-state index contributed by atoms with van der Waals surface area (Å²) >= 11 is 17.6. The number of phenolic OH excluding ortho intramolecular Hbond substituents is 1. The molecule has 0 fully saturated rings. The number of phenols is 1. The van der Waals surface area contributed by atoms with E-state index in [1.807, 2.05) is 0 Å². The van der Waals surface area contributed by atoms with Crippen molar-refractivity contribution in [2.45, 2.75) is 0 Å². The molecule has 0 heterocycles. The van der Waals surface area contributed by atoms with Gasteiger partial charge < -0.3 is 10.4 Å². The van der Waals surface area contributed by atoms with E-state index in [1.165, 1.54) is 6.07 Å². The van der Waals surface area contributed by atoms with Crippen molar-refractivity contribution in [1.29, 1.82) is 0 Å². The highest BCUT2D eigenvalue weighted by molar-refractivity contribution is 6.46. The summed E-state index contributed by atoms with van der Waals surface area (Å²) in [5.41, 5.74) is 0.870. The van der Waals surface area contributed by atoms with Gasteiger partial charge in [-0.25, -0.2) is 0 Å². The number of terminal acetylenes is 1. The van der Waals surface area contributed by atoms with Crippen molar-refractivity contribution in [2.24, 2.45) is 0 Å². The molecule has 0 saturated heterocycles. The van der Waals surface area contributed by atoms with Gasteiger partial charge in [-0.15, -0.1) is 6.42 Å². The van der Waals surface area contributed by atoms with Gasteiger partial charge in [0.15, 0.2) is 0 Å². The molecular weight excluding hydrogens is 333 g/mol. The monoisotopic (exact) mass is 339 g/mol. The van der Waals surface area contributed by atoms with Crippen LogP contribution in [0.5, 0.6) is 5.75 Å². The van der Waals surface area contributed by atoms with Crippen LogP contribution in [-0.2, 0) is 0 Å². The number of halogens is 3. The molecule has 0 aliphatic rings. The molecule has 0 bridgehead atoms. The van der Waals surface area contributed by atoms with E-state index in [1.54, 1.807) is 24.3 Å². The Morgan fingerprint density at radius 1 is 1.19 bits per heavy atom. The van der Waals surface area contributed by atoms with E-state index in [0.717, 1.165) is 0 Å². The smallest absolute Gasteiger partial charge is 0.261 e. The zero-order valence-corrected chi connectivity index (χ0v) is 12.7. The lowest BCUT2D eigenvalue weighted by molar-refractivity contribution is 0.102. The van der Waals surface area contributed by atoms with Crippen molar-refractivity contribution in [3.8, 4) is 18.1 Å². The van der Waals surface area contributed by atoms with Crippen molar-refractivity contribution in [2.75, 3.05) is 5.32 Å². The lowest BCUT2D eigenvalue weighted by atomic mass is 10.1. The predicted octanol–water partition coefficient (Wildman–Crippen LogP) is 4.59. The number of benzene rings is 2. The van der Waals surface area contributed by atoms with E-state index < -0.39 is 11.7 Å². The van der Waals surface area contributed by atoms with Crippen molar-refractivity contribution in [1.82, 2.24) is 0 Å². The minimum Gasteiger partial charge on any atom is -0.505 e. The van der Waals surface area contributed by atoms with Gasteiger partial charge >= 0.3 is 0 Å². The molecule has 0 atom stereocenters. The second-order valence-corrected chi connectivity index (χ2v) is 5.25. The SMILES string of the molecule is C#Cc1cccc(NC(=O)c2c(O)c(Cl)cc(Cl)c2Cl)c1. The molecule has 2 rings (SSSR count). The van der Waals surface area contributed by atoms with Gasteiger partial charge in [0.2, 0.25) is 0 Å². The van der Waals surface area contributed by atoms with Gasteiger partial charge in [0.25, 0.3) is 5.91 Å². The number of anilines is 1. The Kier molecular flexibility index (Phi) is 4.64. The number of hydrogen-bond acceptors (Lipinski definition) is 2. The minimum atomic E-state index is -0.643. The predicted molar refractivity (Wildman–Crippen MR) is 85.5 cm³/mol. The number of amides is 1. The Labute approximate surface area is 136 Å². The highest BCUT2D eigenvalue weighted by Gasteiger charge is 2.21. The zero-order chi connectivity index (χ0) is 15.6. The summed E-state index contributed by atoms with van der Waals surface area (Å²) in [7, 11) is 0. The van der Waals surface area contributed by atoms with E-state index in [9.17, 15) is 9.90 Å². The first kappa shape index (κ1) is 15.5. The third kappa shape index (κ3) is 3.25. The third-order valence-corrected chi connectivity index (χ3v) is 3.74. The molecule has 0 unspecified atom stereocenters. The van der Waals surface area contributed by atoms with Crippen LogP contribution in [-0.4, -0.2) is 11.0 Å². The fourth-order valence-corrected chi connectivity index (χ4v) is 2.37. The lowest BCUT2D eigenvalue weighted by Gasteiger charge is -2.11. The molecule has 0 aromatic heterocycles. The summed E-state index contributed by atoms with van der Waals surface area (Å²) in [5, 5.41) is 12.4. The molecule has 0 aliphatic heterocycles. The van der Waals surface area contributed by atoms with E-state index in [-0.39, 0.29) is 20.6 Å². The fraction of sp³-hybridized carbons (Fsp3) is 0. The molecule has 2 aromatic carbocycles. The average Bonchev–Trinajstić information content (AvgIpc) is 2.45. The molecule has 1 amide bonds. The highest BCUT2D eigenvalue weighted by Crippen LogP contribution is 2.38. The maximum absolute atomic E-state index is 12.2. The Bertz CT molecular complexity index is 740. The summed E-state index contributed by atoms with van der Waals surface area (Å²) in [4.78, 5) is 12.2. The Morgan fingerprint density at radius 2 is 1.90 bits per heavy atom. The largest absolute Gasteiger partial charge is 0.505 e. The summed E-state index contributed by atoms with van der Waals surface area (Å²) in [5.74, 6) is 1.38. The average molecular weight is 341 g/mol. The molecule has 2 N–H and O–H groups in total. The van der Waals surface area contributed by atoms with Crippen LogP contribution in [0.4, 0.5) is 5.69 Å². The van der Waals surface area contributed by atoms with Crippen molar-refractivity contribution >= 4 is 46.4 Å².